The number of nitrogens with zero attached hydrogens (tertiary/aromatic N) is 14. The van der Waals surface area contributed by atoms with Crippen LogP contribution in [-0.2, 0) is 46.0 Å². The second-order valence-corrected chi connectivity index (χ2v) is 17.2. The smallest absolute Gasteiger partial charge is 0.399 e. The van der Waals surface area contributed by atoms with Crippen LogP contribution in [0.25, 0.3) is 11.4 Å². The molecule has 0 bridgehead atoms. The summed E-state index contributed by atoms with van der Waals surface area (Å²) in [5.41, 5.74) is 8.85. The molecule has 330 valence electrons. The molecule has 0 atom stereocenters. The number of anilines is 2. The van der Waals surface area contributed by atoms with Gasteiger partial charge in [-0.3, -0.25) is 19.3 Å². The normalized spacial score (nSPS) is 18.3. The molecular weight excluding hydrogens is 835 g/mol. The molecule has 3 fully saturated rings. The molecule has 20 heteroatoms. The van der Waals surface area contributed by atoms with Crippen molar-refractivity contribution in [2.24, 2.45) is 24.1 Å². The Balaban J connectivity index is 0.000000127. The number of rotatable bonds is 6. The van der Waals surface area contributed by atoms with E-state index in [0.29, 0.717) is 18.9 Å². The first kappa shape index (κ1) is 43.3. The minimum atomic E-state index is -0.302. The Hall–Kier alpha value is -5.99. The minimum Gasteiger partial charge on any atom is -0.399 e. The highest BCUT2D eigenvalue weighted by molar-refractivity contribution is 6.62. The Labute approximate surface area is 376 Å². The first-order valence-corrected chi connectivity index (χ1v) is 21.7. The predicted octanol–water partition coefficient (Wildman–Crippen LogP) is 3.89. The summed E-state index contributed by atoms with van der Waals surface area (Å²) in [6, 6.07) is 8.08. The van der Waals surface area contributed by atoms with Crippen molar-refractivity contribution in [2.45, 2.75) is 52.0 Å². The van der Waals surface area contributed by atoms with Crippen molar-refractivity contribution < 1.29 is 18.8 Å². The van der Waals surface area contributed by atoms with Gasteiger partial charge >= 0.3 is 7.12 Å². The van der Waals surface area contributed by atoms with Gasteiger partial charge in [0.25, 0.3) is 0 Å². The van der Waals surface area contributed by atoms with Crippen LogP contribution in [0, 0.1) is 0 Å². The third kappa shape index (κ3) is 9.30. The summed E-state index contributed by atoms with van der Waals surface area (Å²) >= 11 is 5.92. The van der Waals surface area contributed by atoms with Crippen molar-refractivity contribution in [3.05, 3.63) is 113 Å². The van der Waals surface area contributed by atoms with E-state index in [1.54, 1.807) is 28.0 Å². The number of halogens is 1. The van der Waals surface area contributed by atoms with Gasteiger partial charge in [-0.05, 0) is 63.6 Å². The van der Waals surface area contributed by atoms with Crippen LogP contribution in [-0.4, -0.2) is 132 Å². The van der Waals surface area contributed by atoms with Gasteiger partial charge in [-0.1, -0.05) is 0 Å². The monoisotopic (exact) mass is 884 g/mol. The van der Waals surface area contributed by atoms with E-state index >= 15 is 0 Å². The van der Waals surface area contributed by atoms with Gasteiger partial charge in [0.05, 0.1) is 85.3 Å². The second-order valence-electron chi connectivity index (χ2n) is 16.9. The Morgan fingerprint density at radius 2 is 1.12 bits per heavy atom. The molecule has 6 aromatic heterocycles. The number of hydrogen-bond acceptors (Lipinski definition) is 16. The second kappa shape index (κ2) is 18.2. The highest BCUT2D eigenvalue weighted by atomic mass is 35.5. The summed E-state index contributed by atoms with van der Waals surface area (Å²) in [5, 5.41) is 8.57. The predicted molar refractivity (Wildman–Crippen MR) is 243 cm³/mol. The highest BCUT2D eigenvalue weighted by Gasteiger charge is 2.52. The van der Waals surface area contributed by atoms with E-state index in [9.17, 15) is 0 Å². The minimum absolute atomic E-state index is 0.246. The molecule has 0 saturated carbocycles. The SMILES string of the molecule is Clc1ncc2c(n1)C(c1ccnc(N3CCOCC3)c1)=NC2.Cn1cc(-c2ncc3c(n2)C(c2ccnc(N4CCOCC4)c2)=NC3)cn1.Cn1cc(B2OC(C)(C)C(C)(C)O2)cn1. The fourth-order valence-corrected chi connectivity index (χ4v) is 7.78. The summed E-state index contributed by atoms with van der Waals surface area (Å²) in [6.45, 7) is 15.7. The first-order chi connectivity index (χ1) is 30.9. The van der Waals surface area contributed by atoms with Crippen molar-refractivity contribution in [2.75, 3.05) is 62.4 Å². The quantitative estimate of drug-likeness (QED) is 0.174. The van der Waals surface area contributed by atoms with Gasteiger partial charge < -0.3 is 28.6 Å². The molecule has 0 aromatic carbocycles. The van der Waals surface area contributed by atoms with Crippen molar-refractivity contribution in [1.82, 2.24) is 49.5 Å². The lowest BCUT2D eigenvalue weighted by molar-refractivity contribution is 0.00578. The molecule has 0 amide bonds. The third-order valence-corrected chi connectivity index (χ3v) is 12.1. The zero-order valence-electron chi connectivity index (χ0n) is 36.8. The fourth-order valence-electron chi connectivity index (χ4n) is 7.65. The van der Waals surface area contributed by atoms with Crippen molar-refractivity contribution in [3.63, 3.8) is 0 Å². The van der Waals surface area contributed by atoms with E-state index in [0.717, 1.165) is 120 Å². The number of aryl methyl sites for hydroxylation is 2. The Bertz CT molecular complexity index is 2680. The van der Waals surface area contributed by atoms with Crippen LogP contribution >= 0.6 is 11.6 Å². The standard InChI is InChI=1S/C19H19N7O.C15H14ClN5O.C10H17BN2O2/c1-25-12-15(11-23-25)19-22-10-14-9-21-17(18(14)24-19)13-2-3-20-16(8-13)26-4-6-27-7-5-26;16-15-19-9-11-8-18-13(14(11)20-15)10-1-2-17-12(7-10)21-3-5-22-6-4-21;1-9(2)10(3,4)15-11(14-9)8-6-12-13(5)7-8/h2-3,8,10-12H,4-7,9H2,1H3;1-2,7,9H,3-6,8H2;6-7H,1-5H3. The van der Waals surface area contributed by atoms with Crippen molar-refractivity contribution >= 4 is 47.2 Å². The molecule has 3 saturated heterocycles. The van der Waals surface area contributed by atoms with Gasteiger partial charge in [0.2, 0.25) is 5.28 Å². The molecule has 0 N–H and O–H groups in total. The average molecular weight is 885 g/mol. The zero-order chi connectivity index (χ0) is 44.4. The fraction of sp³-hybridized carbons (Fsp3) is 0.409. The zero-order valence-corrected chi connectivity index (χ0v) is 37.6. The van der Waals surface area contributed by atoms with Gasteiger partial charge in [-0.2, -0.15) is 10.2 Å². The number of fused-ring (bicyclic) bond motifs is 2. The van der Waals surface area contributed by atoms with Gasteiger partial charge in [-0.15, -0.1) is 0 Å². The van der Waals surface area contributed by atoms with Crippen LogP contribution in [0.1, 0.15) is 61.3 Å². The largest absolute Gasteiger partial charge is 0.498 e. The number of morpholine rings is 2. The molecule has 11 heterocycles. The van der Waals surface area contributed by atoms with Gasteiger partial charge in [0.1, 0.15) is 11.6 Å². The highest BCUT2D eigenvalue weighted by Crippen LogP contribution is 2.36. The maximum atomic E-state index is 5.92. The van der Waals surface area contributed by atoms with Crippen molar-refractivity contribution in [3.8, 4) is 11.4 Å². The Morgan fingerprint density at radius 1 is 0.609 bits per heavy atom. The van der Waals surface area contributed by atoms with Crippen LogP contribution in [0.3, 0.4) is 0 Å². The van der Waals surface area contributed by atoms with Crippen LogP contribution < -0.4 is 15.3 Å². The van der Waals surface area contributed by atoms with Gasteiger partial charge in [0.15, 0.2) is 5.82 Å². The van der Waals surface area contributed by atoms with E-state index in [-0.39, 0.29) is 23.6 Å². The molecule has 0 radical (unpaired) electrons. The molecule has 11 rings (SSSR count). The summed E-state index contributed by atoms with van der Waals surface area (Å²) < 4.78 is 26.1. The topological polar surface area (TPSA) is 181 Å². The van der Waals surface area contributed by atoms with E-state index in [4.69, 9.17) is 40.4 Å². The third-order valence-electron chi connectivity index (χ3n) is 11.9. The number of aromatic nitrogens is 10. The lowest BCUT2D eigenvalue weighted by atomic mass is 9.82. The van der Waals surface area contributed by atoms with E-state index < -0.39 is 0 Å². The molecule has 0 unspecified atom stereocenters. The number of aliphatic imine (C=N–C) groups is 2. The molecule has 6 aromatic rings. The van der Waals surface area contributed by atoms with Gasteiger partial charge in [0, 0.05) is 111 Å². The summed E-state index contributed by atoms with van der Waals surface area (Å²) in [7, 11) is 3.46. The van der Waals surface area contributed by atoms with E-state index in [1.807, 2.05) is 84.9 Å². The maximum absolute atomic E-state index is 5.92. The molecule has 0 aliphatic carbocycles. The van der Waals surface area contributed by atoms with Gasteiger partial charge in [-0.25, -0.2) is 29.9 Å². The molecule has 0 spiro atoms. The van der Waals surface area contributed by atoms with Crippen LogP contribution in [0.4, 0.5) is 11.6 Å². The summed E-state index contributed by atoms with van der Waals surface area (Å²) in [4.78, 5) is 40.4. The van der Waals surface area contributed by atoms with Crippen molar-refractivity contribution in [1.29, 1.82) is 0 Å². The van der Waals surface area contributed by atoms with Crippen LogP contribution in [0.2, 0.25) is 5.28 Å². The number of pyridine rings is 2. The lowest BCUT2D eigenvalue weighted by Gasteiger charge is -2.32. The first-order valence-electron chi connectivity index (χ1n) is 21.3. The summed E-state index contributed by atoms with van der Waals surface area (Å²) in [5.74, 6) is 2.56. The Morgan fingerprint density at radius 3 is 1.64 bits per heavy atom. The van der Waals surface area contributed by atoms with E-state index in [1.165, 1.54) is 0 Å². The average Bonchev–Trinajstić information content (AvgIpc) is 4.16. The summed E-state index contributed by atoms with van der Waals surface area (Å²) in [6.07, 6.45) is 14.6. The maximum Gasteiger partial charge on any atom is 0.498 e. The molecule has 18 nitrogen and oxygen atoms in total. The molecule has 5 aliphatic heterocycles. The van der Waals surface area contributed by atoms with Crippen LogP contribution in [0.15, 0.2) is 83.8 Å². The lowest BCUT2D eigenvalue weighted by Crippen LogP contribution is -2.41. The number of ether oxygens (including phenoxy) is 2. The van der Waals surface area contributed by atoms with E-state index in [2.05, 4.69) is 62.0 Å². The number of hydrogen-bond donors (Lipinski definition) is 0. The molecule has 5 aliphatic rings. The Kier molecular flexibility index (Phi) is 12.3. The van der Waals surface area contributed by atoms with Crippen LogP contribution in [0.5, 0.6) is 0 Å². The molecular formula is C44H50BClN14O4. The molecule has 64 heavy (non-hydrogen) atoms.